The number of piperidine rings is 1. The highest BCUT2D eigenvalue weighted by Gasteiger charge is 2.23. The number of halogens is 3. The van der Waals surface area contributed by atoms with Gasteiger partial charge in [0.25, 0.3) is 0 Å². The zero-order valence-corrected chi connectivity index (χ0v) is 13.6. The van der Waals surface area contributed by atoms with E-state index in [4.69, 9.17) is 0 Å². The van der Waals surface area contributed by atoms with Crippen LogP contribution in [0.1, 0.15) is 24.8 Å². The maximum absolute atomic E-state index is 13.6. The van der Waals surface area contributed by atoms with E-state index < -0.39 is 11.6 Å². The van der Waals surface area contributed by atoms with Crippen LogP contribution in [0.5, 0.6) is 0 Å². The van der Waals surface area contributed by atoms with E-state index in [0.29, 0.717) is 5.92 Å². The largest absolute Gasteiger partial charge is 0.342 e. The minimum absolute atomic E-state index is 0. The molecule has 1 heterocycles. The van der Waals surface area contributed by atoms with Crippen LogP contribution in [-0.4, -0.2) is 37.5 Å². The molecule has 1 aromatic rings. The Hall–Kier alpha value is -1.20. The zero-order chi connectivity index (χ0) is 15.2. The third kappa shape index (κ3) is 5.21. The van der Waals surface area contributed by atoms with Crippen LogP contribution in [0.4, 0.5) is 8.78 Å². The van der Waals surface area contributed by atoms with Gasteiger partial charge in [-0.3, -0.25) is 4.79 Å². The van der Waals surface area contributed by atoms with Crippen molar-refractivity contribution in [1.82, 2.24) is 10.2 Å². The van der Waals surface area contributed by atoms with Crippen LogP contribution in [0.25, 0.3) is 0 Å². The standard InChI is InChI=1S/C16H22F2N2O.ClH/c1-19-7-4-12-5-8-20(9-6-12)16(21)10-13-2-3-14(17)11-15(13)18;/h2-3,11-12,19H,4-10H2,1H3;1H. The molecule has 0 aliphatic carbocycles. The van der Waals surface area contributed by atoms with Crippen LogP contribution in [0.15, 0.2) is 18.2 Å². The second kappa shape index (κ2) is 9.06. The average Bonchev–Trinajstić information content (AvgIpc) is 2.48. The van der Waals surface area contributed by atoms with E-state index in [9.17, 15) is 13.6 Å². The summed E-state index contributed by atoms with van der Waals surface area (Å²) in [5.41, 5.74) is 0.263. The number of rotatable bonds is 5. The van der Waals surface area contributed by atoms with Crippen LogP contribution in [0, 0.1) is 17.6 Å². The fourth-order valence-electron chi connectivity index (χ4n) is 2.76. The van der Waals surface area contributed by atoms with Crippen LogP contribution in [-0.2, 0) is 11.2 Å². The lowest BCUT2D eigenvalue weighted by Gasteiger charge is -2.32. The van der Waals surface area contributed by atoms with Gasteiger partial charge in [-0.25, -0.2) is 8.78 Å². The number of hydrogen-bond acceptors (Lipinski definition) is 2. The molecule has 0 saturated carbocycles. The molecule has 1 aliphatic rings. The lowest BCUT2D eigenvalue weighted by atomic mass is 9.93. The van der Waals surface area contributed by atoms with E-state index in [2.05, 4.69) is 5.32 Å². The van der Waals surface area contributed by atoms with Gasteiger partial charge in [0, 0.05) is 19.2 Å². The molecule has 0 bridgehead atoms. The lowest BCUT2D eigenvalue weighted by molar-refractivity contribution is -0.131. The van der Waals surface area contributed by atoms with E-state index in [1.165, 1.54) is 12.1 Å². The van der Waals surface area contributed by atoms with E-state index >= 15 is 0 Å². The Morgan fingerprint density at radius 3 is 2.59 bits per heavy atom. The van der Waals surface area contributed by atoms with Gasteiger partial charge in [-0.15, -0.1) is 12.4 Å². The Labute approximate surface area is 136 Å². The third-order valence-electron chi connectivity index (χ3n) is 4.13. The van der Waals surface area contributed by atoms with Crippen molar-refractivity contribution in [3.05, 3.63) is 35.4 Å². The van der Waals surface area contributed by atoms with Gasteiger partial charge in [-0.2, -0.15) is 0 Å². The Morgan fingerprint density at radius 1 is 1.32 bits per heavy atom. The molecule has 1 fully saturated rings. The van der Waals surface area contributed by atoms with Gasteiger partial charge >= 0.3 is 0 Å². The molecule has 0 aromatic heterocycles. The van der Waals surface area contributed by atoms with Crippen LogP contribution < -0.4 is 5.32 Å². The predicted octanol–water partition coefficient (Wildman–Crippen LogP) is 2.78. The molecule has 124 valence electrons. The van der Waals surface area contributed by atoms with E-state index in [-0.39, 0.29) is 30.3 Å². The highest BCUT2D eigenvalue weighted by atomic mass is 35.5. The highest BCUT2D eigenvalue weighted by Crippen LogP contribution is 2.21. The van der Waals surface area contributed by atoms with Gasteiger partial charge in [0.05, 0.1) is 6.42 Å². The summed E-state index contributed by atoms with van der Waals surface area (Å²) in [7, 11) is 1.94. The molecule has 0 unspecified atom stereocenters. The van der Waals surface area contributed by atoms with Crippen molar-refractivity contribution in [3.63, 3.8) is 0 Å². The number of carbonyl (C=O) groups excluding carboxylic acids is 1. The Morgan fingerprint density at radius 2 is 2.00 bits per heavy atom. The van der Waals surface area contributed by atoms with Gasteiger partial charge < -0.3 is 10.2 Å². The normalized spacial score (nSPS) is 15.5. The second-order valence-electron chi connectivity index (χ2n) is 5.63. The van der Waals surface area contributed by atoms with Crippen LogP contribution in [0.2, 0.25) is 0 Å². The van der Waals surface area contributed by atoms with Crippen molar-refractivity contribution in [2.24, 2.45) is 5.92 Å². The fourth-order valence-corrected chi connectivity index (χ4v) is 2.76. The van der Waals surface area contributed by atoms with Crippen LogP contribution >= 0.6 is 12.4 Å². The van der Waals surface area contributed by atoms with Crippen molar-refractivity contribution in [2.45, 2.75) is 25.7 Å². The van der Waals surface area contributed by atoms with E-state index in [1.54, 1.807) is 4.90 Å². The maximum Gasteiger partial charge on any atom is 0.227 e. The van der Waals surface area contributed by atoms with E-state index in [0.717, 1.165) is 45.0 Å². The first kappa shape index (κ1) is 18.8. The molecule has 1 amide bonds. The summed E-state index contributed by atoms with van der Waals surface area (Å²) in [4.78, 5) is 14.0. The van der Waals surface area contributed by atoms with Crippen molar-refractivity contribution < 1.29 is 13.6 Å². The molecule has 2 rings (SSSR count). The van der Waals surface area contributed by atoms with Gasteiger partial charge in [0.15, 0.2) is 0 Å². The van der Waals surface area contributed by atoms with Crippen molar-refractivity contribution >= 4 is 18.3 Å². The van der Waals surface area contributed by atoms with E-state index in [1.807, 2.05) is 7.05 Å². The number of nitrogens with zero attached hydrogens (tertiary/aromatic N) is 1. The van der Waals surface area contributed by atoms with Gasteiger partial charge in [0.2, 0.25) is 5.91 Å². The summed E-state index contributed by atoms with van der Waals surface area (Å²) in [6.07, 6.45) is 3.14. The number of benzene rings is 1. The summed E-state index contributed by atoms with van der Waals surface area (Å²) in [6.45, 7) is 2.46. The lowest BCUT2D eigenvalue weighted by Crippen LogP contribution is -2.39. The number of amides is 1. The number of hydrogen-bond donors (Lipinski definition) is 1. The quantitative estimate of drug-likeness (QED) is 0.899. The summed E-state index contributed by atoms with van der Waals surface area (Å²) in [5, 5.41) is 3.14. The molecule has 1 N–H and O–H groups in total. The van der Waals surface area contributed by atoms with Crippen LogP contribution in [0.3, 0.4) is 0 Å². The number of likely N-dealkylation sites (tertiary alicyclic amines) is 1. The summed E-state index contributed by atoms with van der Waals surface area (Å²) in [5.74, 6) is -0.682. The van der Waals surface area contributed by atoms with Gasteiger partial charge in [-0.1, -0.05) is 6.07 Å². The molecule has 1 aliphatic heterocycles. The fraction of sp³-hybridized carbons (Fsp3) is 0.562. The minimum atomic E-state index is -0.646. The van der Waals surface area contributed by atoms with Crippen molar-refractivity contribution in [2.75, 3.05) is 26.7 Å². The summed E-state index contributed by atoms with van der Waals surface area (Å²) >= 11 is 0. The molecular formula is C16H23ClF2N2O. The molecule has 0 radical (unpaired) electrons. The SMILES string of the molecule is CNCCC1CCN(C(=O)Cc2ccc(F)cc2F)CC1.Cl. The minimum Gasteiger partial charge on any atom is -0.342 e. The van der Waals surface area contributed by atoms with Gasteiger partial charge in [-0.05, 0) is 50.4 Å². The smallest absolute Gasteiger partial charge is 0.227 e. The molecule has 1 aromatic carbocycles. The van der Waals surface area contributed by atoms with Crippen molar-refractivity contribution in [1.29, 1.82) is 0 Å². The average molecular weight is 333 g/mol. The maximum atomic E-state index is 13.6. The number of carbonyl (C=O) groups is 1. The Kier molecular flexibility index (Phi) is 7.76. The molecule has 6 heteroatoms. The summed E-state index contributed by atoms with van der Waals surface area (Å²) < 4.78 is 26.4. The molecule has 22 heavy (non-hydrogen) atoms. The molecular weight excluding hydrogens is 310 g/mol. The van der Waals surface area contributed by atoms with Gasteiger partial charge in [0.1, 0.15) is 11.6 Å². The highest BCUT2D eigenvalue weighted by molar-refractivity contribution is 5.85. The molecule has 3 nitrogen and oxygen atoms in total. The first-order chi connectivity index (χ1) is 10.1. The number of nitrogens with one attached hydrogen (secondary N) is 1. The second-order valence-corrected chi connectivity index (χ2v) is 5.63. The zero-order valence-electron chi connectivity index (χ0n) is 12.8. The predicted molar refractivity (Wildman–Crippen MR) is 85.2 cm³/mol. The monoisotopic (exact) mass is 332 g/mol. The summed E-state index contributed by atoms with van der Waals surface area (Å²) in [6, 6.07) is 3.37. The Balaban J connectivity index is 0.00000242. The molecule has 0 spiro atoms. The molecule has 1 saturated heterocycles. The van der Waals surface area contributed by atoms with Crippen molar-refractivity contribution in [3.8, 4) is 0 Å². The first-order valence-corrected chi connectivity index (χ1v) is 7.46. The topological polar surface area (TPSA) is 32.3 Å². The molecule has 0 atom stereocenters. The Bertz CT molecular complexity index is 491. The first-order valence-electron chi connectivity index (χ1n) is 7.46. The third-order valence-corrected chi connectivity index (χ3v) is 4.13.